The normalized spacial score (nSPS) is 17.9. The Morgan fingerprint density at radius 2 is 1.87 bits per heavy atom. The predicted octanol–water partition coefficient (Wildman–Crippen LogP) is 4.99. The number of aryl methyl sites for hydroxylation is 1. The lowest BCUT2D eigenvalue weighted by atomic mass is 9.81. The summed E-state index contributed by atoms with van der Waals surface area (Å²) in [5, 5.41) is 8.95. The van der Waals surface area contributed by atoms with Crippen molar-refractivity contribution in [3.8, 4) is 11.5 Å². The summed E-state index contributed by atoms with van der Waals surface area (Å²) < 4.78 is 12.3. The van der Waals surface area contributed by atoms with Crippen LogP contribution in [0.4, 0.5) is 0 Å². The molecule has 0 spiro atoms. The van der Waals surface area contributed by atoms with E-state index >= 15 is 0 Å². The molecule has 0 saturated carbocycles. The summed E-state index contributed by atoms with van der Waals surface area (Å²) in [4.78, 5) is 16.0. The molecule has 5 nitrogen and oxygen atoms in total. The highest BCUT2D eigenvalue weighted by Gasteiger charge is 2.39. The van der Waals surface area contributed by atoms with Crippen molar-refractivity contribution in [2.24, 2.45) is 4.99 Å². The Morgan fingerprint density at radius 3 is 2.52 bits per heavy atom. The van der Waals surface area contributed by atoms with Gasteiger partial charge in [-0.3, -0.25) is 9.79 Å². The van der Waals surface area contributed by atoms with Gasteiger partial charge in [0.15, 0.2) is 11.5 Å². The summed E-state index contributed by atoms with van der Waals surface area (Å²) in [7, 11) is 0. The van der Waals surface area contributed by atoms with Crippen LogP contribution in [0.5, 0.6) is 11.5 Å². The first-order valence-corrected chi connectivity index (χ1v) is 11.0. The number of nitrogens with zero attached hydrogens (tertiary/aromatic N) is 1. The molecular formula is C26H31NO4. The zero-order valence-corrected chi connectivity index (χ0v) is 19.0. The van der Waals surface area contributed by atoms with Crippen molar-refractivity contribution in [3.63, 3.8) is 0 Å². The van der Waals surface area contributed by atoms with Gasteiger partial charge in [0.1, 0.15) is 5.60 Å². The van der Waals surface area contributed by atoms with Crippen molar-refractivity contribution in [2.45, 2.75) is 71.4 Å². The first-order chi connectivity index (χ1) is 14.6. The van der Waals surface area contributed by atoms with Crippen LogP contribution in [0.15, 0.2) is 35.3 Å². The van der Waals surface area contributed by atoms with Gasteiger partial charge in [-0.15, -0.1) is 0 Å². The molecule has 0 fully saturated rings. The number of aliphatic carboxylic acids is 1. The molecule has 4 rings (SSSR count). The van der Waals surface area contributed by atoms with Crippen LogP contribution in [-0.2, 0) is 24.1 Å². The van der Waals surface area contributed by atoms with E-state index < -0.39 is 5.97 Å². The van der Waals surface area contributed by atoms with Gasteiger partial charge in [-0.25, -0.2) is 0 Å². The fraction of sp³-hybridized carbons (Fsp3) is 0.462. The topological polar surface area (TPSA) is 68.1 Å². The first kappa shape index (κ1) is 21.4. The van der Waals surface area contributed by atoms with Gasteiger partial charge >= 0.3 is 5.97 Å². The Morgan fingerprint density at radius 1 is 1.16 bits per heavy atom. The summed E-state index contributed by atoms with van der Waals surface area (Å²) in [5.74, 6) is 0.888. The molecule has 0 amide bonds. The SMILES string of the molecule is CCOc1cc2c(c3c1OC(C)(C)C3)C(c1ccc(CCC(=O)O)cc1)=NC(C)(C)C2. The maximum absolute atomic E-state index is 10.9. The average Bonchev–Trinajstić information content (AvgIpc) is 3.01. The molecule has 5 heteroatoms. The molecule has 2 heterocycles. The minimum Gasteiger partial charge on any atom is -0.490 e. The van der Waals surface area contributed by atoms with E-state index in [1.165, 1.54) is 16.7 Å². The first-order valence-electron chi connectivity index (χ1n) is 11.0. The second-order valence-electron chi connectivity index (χ2n) is 9.73. The minimum atomic E-state index is -0.778. The second kappa shape index (κ2) is 7.70. The van der Waals surface area contributed by atoms with Crippen LogP contribution >= 0.6 is 0 Å². The van der Waals surface area contributed by atoms with Crippen LogP contribution in [0.1, 0.15) is 68.9 Å². The summed E-state index contributed by atoms with van der Waals surface area (Å²) in [6, 6.07) is 10.3. The molecule has 0 aromatic heterocycles. The Labute approximate surface area is 184 Å². The predicted molar refractivity (Wildman–Crippen MR) is 122 cm³/mol. The van der Waals surface area contributed by atoms with Crippen molar-refractivity contribution >= 4 is 11.7 Å². The molecule has 31 heavy (non-hydrogen) atoms. The number of aliphatic imine (C=N–C) groups is 1. The van der Waals surface area contributed by atoms with Gasteiger partial charge in [-0.1, -0.05) is 24.3 Å². The highest BCUT2D eigenvalue weighted by atomic mass is 16.5. The van der Waals surface area contributed by atoms with Crippen LogP contribution in [0.3, 0.4) is 0 Å². The van der Waals surface area contributed by atoms with Gasteiger partial charge < -0.3 is 14.6 Å². The van der Waals surface area contributed by atoms with Gasteiger partial charge in [0.2, 0.25) is 0 Å². The Kier molecular flexibility index (Phi) is 5.32. The van der Waals surface area contributed by atoms with Crippen molar-refractivity contribution in [3.05, 3.63) is 58.1 Å². The van der Waals surface area contributed by atoms with Crippen LogP contribution in [-0.4, -0.2) is 34.5 Å². The lowest BCUT2D eigenvalue weighted by molar-refractivity contribution is -0.136. The van der Waals surface area contributed by atoms with Crippen molar-refractivity contribution in [1.82, 2.24) is 0 Å². The molecule has 2 aliphatic rings. The number of fused-ring (bicyclic) bond motifs is 3. The second-order valence-corrected chi connectivity index (χ2v) is 9.73. The van der Waals surface area contributed by atoms with Gasteiger partial charge in [0.25, 0.3) is 0 Å². The van der Waals surface area contributed by atoms with E-state index in [2.05, 4.69) is 45.9 Å². The maximum atomic E-state index is 10.9. The van der Waals surface area contributed by atoms with Gasteiger partial charge in [-0.05, 0) is 64.7 Å². The Balaban J connectivity index is 1.82. The smallest absolute Gasteiger partial charge is 0.303 e. The molecule has 0 aliphatic carbocycles. The van der Waals surface area contributed by atoms with Crippen molar-refractivity contribution in [1.29, 1.82) is 0 Å². The lowest BCUT2D eigenvalue weighted by Gasteiger charge is -2.31. The minimum absolute atomic E-state index is 0.135. The molecule has 2 aromatic rings. The number of carboxylic acid groups (broad SMARTS) is 1. The van der Waals surface area contributed by atoms with Crippen molar-refractivity contribution in [2.75, 3.05) is 6.61 Å². The van der Waals surface area contributed by atoms with Crippen LogP contribution in [0, 0.1) is 0 Å². The van der Waals surface area contributed by atoms with E-state index in [4.69, 9.17) is 19.6 Å². The fourth-order valence-corrected chi connectivity index (χ4v) is 4.62. The fourth-order valence-electron chi connectivity index (χ4n) is 4.62. The number of carboxylic acids is 1. The number of hydrogen-bond donors (Lipinski definition) is 1. The summed E-state index contributed by atoms with van der Waals surface area (Å²) in [5.41, 5.74) is 6.12. The summed E-state index contributed by atoms with van der Waals surface area (Å²) in [6.07, 6.45) is 2.31. The number of hydrogen-bond acceptors (Lipinski definition) is 4. The zero-order chi connectivity index (χ0) is 22.4. The quantitative estimate of drug-likeness (QED) is 0.714. The van der Waals surface area contributed by atoms with Gasteiger partial charge in [0, 0.05) is 29.5 Å². The molecule has 0 unspecified atom stereocenters. The third kappa shape index (κ3) is 4.32. The van der Waals surface area contributed by atoms with E-state index in [1.54, 1.807) is 0 Å². The molecule has 2 aromatic carbocycles. The van der Waals surface area contributed by atoms with Crippen LogP contribution < -0.4 is 9.47 Å². The van der Waals surface area contributed by atoms with Gasteiger partial charge in [0.05, 0.1) is 17.9 Å². The lowest BCUT2D eigenvalue weighted by Crippen LogP contribution is -2.30. The summed E-state index contributed by atoms with van der Waals surface area (Å²) in [6.45, 7) is 11.1. The van der Waals surface area contributed by atoms with Crippen LogP contribution in [0.2, 0.25) is 0 Å². The molecule has 164 valence electrons. The summed E-state index contributed by atoms with van der Waals surface area (Å²) >= 11 is 0. The number of rotatable bonds is 6. The van der Waals surface area contributed by atoms with E-state index in [1.807, 2.05) is 19.1 Å². The standard InChI is InChI=1S/C26H31NO4/c1-6-30-20-13-18-14-25(2,3)27-23(22(18)19-15-26(4,5)31-24(19)20)17-10-7-16(8-11-17)9-12-21(28)29/h7-8,10-11,13H,6,9,12,14-15H2,1-5H3,(H,28,29). The van der Waals surface area contributed by atoms with Crippen LogP contribution in [0.25, 0.3) is 0 Å². The van der Waals surface area contributed by atoms with Crippen molar-refractivity contribution < 1.29 is 19.4 Å². The largest absolute Gasteiger partial charge is 0.490 e. The zero-order valence-electron chi connectivity index (χ0n) is 19.0. The van der Waals surface area contributed by atoms with E-state index in [0.717, 1.165) is 41.2 Å². The average molecular weight is 422 g/mol. The third-order valence-electron chi connectivity index (χ3n) is 5.84. The number of carbonyl (C=O) groups is 1. The highest BCUT2D eigenvalue weighted by molar-refractivity contribution is 6.16. The highest BCUT2D eigenvalue weighted by Crippen LogP contribution is 2.48. The molecule has 0 bridgehead atoms. The number of benzene rings is 2. The maximum Gasteiger partial charge on any atom is 0.303 e. The molecule has 0 atom stereocenters. The van der Waals surface area contributed by atoms with E-state index in [9.17, 15) is 4.79 Å². The molecule has 0 radical (unpaired) electrons. The molecular weight excluding hydrogens is 390 g/mol. The van der Waals surface area contributed by atoms with Gasteiger partial charge in [-0.2, -0.15) is 0 Å². The third-order valence-corrected chi connectivity index (χ3v) is 5.84. The van der Waals surface area contributed by atoms with E-state index in [-0.39, 0.29) is 17.6 Å². The Hall–Kier alpha value is -2.82. The molecule has 2 aliphatic heterocycles. The molecule has 0 saturated heterocycles. The van der Waals surface area contributed by atoms with E-state index in [0.29, 0.717) is 13.0 Å². The monoisotopic (exact) mass is 421 g/mol. The molecule has 1 N–H and O–H groups in total. The Bertz CT molecular complexity index is 1050. The number of ether oxygens (including phenoxy) is 2.